The van der Waals surface area contributed by atoms with Crippen molar-refractivity contribution in [3.05, 3.63) is 23.9 Å². The highest BCUT2D eigenvalue weighted by atomic mass is 19.4. The molecule has 2 N–H and O–H groups in total. The fraction of sp³-hybridized carbons (Fsp3) is 0.500. The summed E-state index contributed by atoms with van der Waals surface area (Å²) >= 11 is 0. The van der Waals surface area contributed by atoms with Crippen molar-refractivity contribution in [2.24, 2.45) is 5.92 Å². The SMILES string of the molecule is Nc1cccc(C(=O)N2CCC[C@@H](C(F)(F)F)C2)n1. The number of nitrogens with two attached hydrogens (primary N) is 1. The van der Waals surface area contributed by atoms with Crippen LogP contribution in [0, 0.1) is 5.92 Å². The van der Waals surface area contributed by atoms with Crippen LogP contribution < -0.4 is 5.73 Å². The van der Waals surface area contributed by atoms with E-state index in [0.717, 1.165) is 0 Å². The summed E-state index contributed by atoms with van der Waals surface area (Å²) in [5.74, 6) is -1.78. The average Bonchev–Trinajstić information content (AvgIpc) is 2.37. The summed E-state index contributed by atoms with van der Waals surface area (Å²) in [5, 5.41) is 0. The lowest BCUT2D eigenvalue weighted by atomic mass is 9.97. The second kappa shape index (κ2) is 5.07. The number of carbonyl (C=O) groups excluding carboxylic acids is 1. The number of amides is 1. The molecule has 1 atom stereocenters. The van der Waals surface area contributed by atoms with Crippen LogP contribution in [0.15, 0.2) is 18.2 Å². The molecule has 0 unspecified atom stereocenters. The van der Waals surface area contributed by atoms with Crippen LogP contribution in [0.2, 0.25) is 0 Å². The van der Waals surface area contributed by atoms with Crippen LogP contribution in [-0.4, -0.2) is 35.1 Å². The number of aromatic nitrogens is 1. The molecule has 1 aliphatic rings. The molecule has 19 heavy (non-hydrogen) atoms. The summed E-state index contributed by atoms with van der Waals surface area (Å²) in [6.07, 6.45) is -3.85. The molecule has 104 valence electrons. The summed E-state index contributed by atoms with van der Waals surface area (Å²) in [7, 11) is 0. The third-order valence-corrected chi connectivity index (χ3v) is 3.16. The first-order valence-electron chi connectivity index (χ1n) is 5.96. The average molecular weight is 273 g/mol. The highest BCUT2D eigenvalue weighted by Crippen LogP contribution is 2.33. The molecule has 1 aromatic rings. The maximum Gasteiger partial charge on any atom is 0.393 e. The molecule has 2 heterocycles. The third kappa shape index (κ3) is 3.15. The molecule has 1 aliphatic heterocycles. The van der Waals surface area contributed by atoms with Crippen molar-refractivity contribution in [1.82, 2.24) is 9.88 Å². The molecule has 0 spiro atoms. The molecule has 0 bridgehead atoms. The van der Waals surface area contributed by atoms with Gasteiger partial charge in [-0.15, -0.1) is 0 Å². The van der Waals surface area contributed by atoms with Gasteiger partial charge in [-0.3, -0.25) is 4.79 Å². The van der Waals surface area contributed by atoms with Crippen LogP contribution in [0.5, 0.6) is 0 Å². The molecule has 1 aromatic heterocycles. The fourth-order valence-electron chi connectivity index (χ4n) is 2.16. The number of halogens is 3. The van der Waals surface area contributed by atoms with Crippen molar-refractivity contribution in [2.45, 2.75) is 19.0 Å². The molecule has 1 saturated heterocycles. The molecule has 2 rings (SSSR count). The van der Waals surface area contributed by atoms with Crippen molar-refractivity contribution in [2.75, 3.05) is 18.8 Å². The molecule has 0 aromatic carbocycles. The monoisotopic (exact) mass is 273 g/mol. The zero-order chi connectivity index (χ0) is 14.0. The van der Waals surface area contributed by atoms with E-state index in [1.54, 1.807) is 6.07 Å². The Bertz CT molecular complexity index is 476. The number of hydrogen-bond donors (Lipinski definition) is 1. The normalized spacial score (nSPS) is 20.4. The Morgan fingerprint density at radius 2 is 2.16 bits per heavy atom. The molecule has 0 saturated carbocycles. The summed E-state index contributed by atoms with van der Waals surface area (Å²) in [6, 6.07) is 4.53. The molecule has 7 heteroatoms. The van der Waals surface area contributed by atoms with Crippen molar-refractivity contribution in [3.8, 4) is 0 Å². The van der Waals surface area contributed by atoms with Gasteiger partial charge < -0.3 is 10.6 Å². The van der Waals surface area contributed by atoms with Gasteiger partial charge >= 0.3 is 6.18 Å². The number of nitrogens with zero attached hydrogens (tertiary/aromatic N) is 2. The van der Waals surface area contributed by atoms with Gasteiger partial charge in [0.15, 0.2) is 0 Å². The number of likely N-dealkylation sites (tertiary alicyclic amines) is 1. The highest BCUT2D eigenvalue weighted by Gasteiger charge is 2.42. The Kier molecular flexibility index (Phi) is 3.64. The van der Waals surface area contributed by atoms with Gasteiger partial charge in [0, 0.05) is 13.1 Å². The minimum absolute atomic E-state index is 0.0671. The standard InChI is InChI=1S/C12H14F3N3O/c13-12(14,15)8-3-2-6-18(7-8)11(19)9-4-1-5-10(16)17-9/h1,4-5,8H,2-3,6-7H2,(H2,16,17)/t8-/m1/s1. The Balaban J connectivity index is 2.11. The van der Waals surface area contributed by atoms with Crippen LogP contribution in [0.4, 0.5) is 19.0 Å². The van der Waals surface area contributed by atoms with Crippen molar-refractivity contribution in [3.63, 3.8) is 0 Å². The Morgan fingerprint density at radius 3 is 2.79 bits per heavy atom. The van der Waals surface area contributed by atoms with Crippen molar-refractivity contribution >= 4 is 11.7 Å². The van der Waals surface area contributed by atoms with Gasteiger partial charge in [0.25, 0.3) is 5.91 Å². The number of rotatable bonds is 1. The van der Waals surface area contributed by atoms with E-state index in [1.165, 1.54) is 17.0 Å². The molecular formula is C12H14F3N3O. The first-order valence-corrected chi connectivity index (χ1v) is 5.96. The summed E-state index contributed by atoms with van der Waals surface area (Å²) < 4.78 is 38.0. The first-order chi connectivity index (χ1) is 8.88. The van der Waals surface area contributed by atoms with Crippen LogP contribution >= 0.6 is 0 Å². The van der Waals surface area contributed by atoms with E-state index < -0.39 is 18.0 Å². The summed E-state index contributed by atoms with van der Waals surface area (Å²) in [6.45, 7) is 0.0146. The number of nitrogen functional groups attached to an aromatic ring is 1. The van der Waals surface area contributed by atoms with E-state index in [4.69, 9.17) is 5.73 Å². The number of alkyl halides is 3. The zero-order valence-electron chi connectivity index (χ0n) is 10.2. The zero-order valence-corrected chi connectivity index (χ0v) is 10.2. The highest BCUT2D eigenvalue weighted by molar-refractivity contribution is 5.92. The Labute approximate surface area is 108 Å². The van der Waals surface area contributed by atoms with E-state index in [-0.39, 0.29) is 24.5 Å². The summed E-state index contributed by atoms with van der Waals surface area (Å²) in [5.41, 5.74) is 5.55. The first kappa shape index (κ1) is 13.6. The predicted octanol–water partition coefficient (Wildman–Crippen LogP) is 2.08. The lowest BCUT2D eigenvalue weighted by Crippen LogP contribution is -2.44. The van der Waals surface area contributed by atoms with Crippen molar-refractivity contribution < 1.29 is 18.0 Å². The lowest BCUT2D eigenvalue weighted by Gasteiger charge is -2.33. The molecule has 1 amide bonds. The van der Waals surface area contributed by atoms with Crippen LogP contribution in [0.1, 0.15) is 23.3 Å². The maximum absolute atomic E-state index is 12.7. The molecular weight excluding hydrogens is 259 g/mol. The lowest BCUT2D eigenvalue weighted by molar-refractivity contribution is -0.184. The van der Waals surface area contributed by atoms with Gasteiger partial charge in [0.1, 0.15) is 11.5 Å². The van der Waals surface area contributed by atoms with Gasteiger partial charge in [0.2, 0.25) is 0 Å². The number of carbonyl (C=O) groups is 1. The number of piperidine rings is 1. The third-order valence-electron chi connectivity index (χ3n) is 3.16. The molecule has 0 aliphatic carbocycles. The van der Waals surface area contributed by atoms with Gasteiger partial charge in [-0.2, -0.15) is 13.2 Å². The summed E-state index contributed by atoms with van der Waals surface area (Å²) in [4.78, 5) is 17.1. The molecule has 0 radical (unpaired) electrons. The van der Waals surface area contributed by atoms with E-state index in [2.05, 4.69) is 4.98 Å². The fourth-order valence-corrected chi connectivity index (χ4v) is 2.16. The molecule has 1 fully saturated rings. The Morgan fingerprint density at radius 1 is 1.42 bits per heavy atom. The largest absolute Gasteiger partial charge is 0.393 e. The number of hydrogen-bond acceptors (Lipinski definition) is 3. The van der Waals surface area contributed by atoms with Crippen LogP contribution in [0.3, 0.4) is 0 Å². The number of anilines is 1. The minimum Gasteiger partial charge on any atom is -0.384 e. The van der Waals surface area contributed by atoms with E-state index >= 15 is 0 Å². The minimum atomic E-state index is -4.26. The Hall–Kier alpha value is -1.79. The second-order valence-corrected chi connectivity index (χ2v) is 4.58. The molecule has 4 nitrogen and oxygen atoms in total. The maximum atomic E-state index is 12.7. The smallest absolute Gasteiger partial charge is 0.384 e. The van der Waals surface area contributed by atoms with Crippen molar-refractivity contribution in [1.29, 1.82) is 0 Å². The van der Waals surface area contributed by atoms with Gasteiger partial charge in [0.05, 0.1) is 5.92 Å². The van der Waals surface area contributed by atoms with Gasteiger partial charge in [-0.25, -0.2) is 4.98 Å². The topological polar surface area (TPSA) is 59.2 Å². The predicted molar refractivity (Wildman–Crippen MR) is 63.3 cm³/mol. The quantitative estimate of drug-likeness (QED) is 0.852. The van der Waals surface area contributed by atoms with Gasteiger partial charge in [-0.1, -0.05) is 6.07 Å². The number of pyridine rings is 1. The second-order valence-electron chi connectivity index (χ2n) is 4.58. The van der Waals surface area contributed by atoms with E-state index in [1.807, 2.05) is 0 Å². The van der Waals surface area contributed by atoms with Crippen LogP contribution in [-0.2, 0) is 0 Å². The van der Waals surface area contributed by atoms with Gasteiger partial charge in [-0.05, 0) is 25.0 Å². The van der Waals surface area contributed by atoms with E-state index in [0.29, 0.717) is 13.0 Å². The van der Waals surface area contributed by atoms with Crippen LogP contribution in [0.25, 0.3) is 0 Å². The van der Waals surface area contributed by atoms with E-state index in [9.17, 15) is 18.0 Å².